The van der Waals surface area contributed by atoms with E-state index < -0.39 is 5.66 Å². The van der Waals surface area contributed by atoms with E-state index in [1.807, 2.05) is 42.5 Å². The number of amides is 1. The van der Waals surface area contributed by atoms with Crippen molar-refractivity contribution in [2.45, 2.75) is 37.8 Å². The molecule has 4 nitrogen and oxygen atoms in total. The minimum absolute atomic E-state index is 0.0740. The van der Waals surface area contributed by atoms with E-state index in [4.69, 9.17) is 33.2 Å². The van der Waals surface area contributed by atoms with Crippen LogP contribution >= 0.6 is 35.0 Å². The maximum absolute atomic E-state index is 12.4. The third kappa shape index (κ3) is 4.85. The summed E-state index contributed by atoms with van der Waals surface area (Å²) < 4.78 is 0. The largest absolute Gasteiger partial charge is 0.325 e. The lowest BCUT2D eigenvalue weighted by atomic mass is 9.90. The van der Waals surface area contributed by atoms with Crippen LogP contribution in [0.5, 0.6) is 0 Å². The second kappa shape index (κ2) is 8.90. The average molecular weight is 446 g/mol. The lowest BCUT2D eigenvalue weighted by Crippen LogP contribution is -2.25. The highest BCUT2D eigenvalue weighted by atomic mass is 35.5. The van der Waals surface area contributed by atoms with Crippen molar-refractivity contribution in [3.63, 3.8) is 0 Å². The SMILES string of the molecule is O=C(CSC1=NC2(CCCCC2)N=C1c1ccc(Cl)cc1Cl)Nc1ccccc1. The Morgan fingerprint density at radius 2 is 1.79 bits per heavy atom. The zero-order chi connectivity index (χ0) is 20.3. The first-order chi connectivity index (χ1) is 14.0. The quantitative estimate of drug-likeness (QED) is 0.606. The number of aliphatic imine (C=N–C) groups is 2. The molecule has 1 N–H and O–H groups in total. The van der Waals surface area contributed by atoms with Crippen LogP contribution in [0.4, 0.5) is 5.69 Å². The van der Waals surface area contributed by atoms with Gasteiger partial charge in [-0.1, -0.05) is 59.6 Å². The first kappa shape index (κ1) is 20.5. The molecule has 7 heteroatoms. The van der Waals surface area contributed by atoms with E-state index in [9.17, 15) is 4.79 Å². The van der Waals surface area contributed by atoms with Crippen LogP contribution in [0.25, 0.3) is 0 Å². The van der Waals surface area contributed by atoms with Gasteiger partial charge in [0.1, 0.15) is 10.8 Å². The van der Waals surface area contributed by atoms with E-state index in [-0.39, 0.29) is 11.7 Å². The summed E-state index contributed by atoms with van der Waals surface area (Å²) >= 11 is 13.9. The molecule has 29 heavy (non-hydrogen) atoms. The molecule has 1 aliphatic carbocycles. The molecule has 2 aromatic carbocycles. The van der Waals surface area contributed by atoms with Crippen LogP contribution < -0.4 is 5.32 Å². The number of thioether (sulfide) groups is 1. The van der Waals surface area contributed by atoms with Crippen LogP contribution in [0.3, 0.4) is 0 Å². The standard InChI is InChI=1S/C22H21Cl2N3OS/c23-15-9-10-17(18(24)13-15)20-21(27-22(26-20)11-5-2-6-12-22)29-14-19(28)25-16-7-3-1-4-8-16/h1,3-4,7-10,13H,2,5-6,11-12,14H2,(H,25,28). The molecule has 0 atom stereocenters. The summed E-state index contributed by atoms with van der Waals surface area (Å²) in [6.07, 6.45) is 5.30. The summed E-state index contributed by atoms with van der Waals surface area (Å²) in [7, 11) is 0. The fourth-order valence-corrected chi connectivity index (χ4v) is 5.04. The van der Waals surface area contributed by atoms with Gasteiger partial charge in [0.05, 0.1) is 10.8 Å². The van der Waals surface area contributed by atoms with Gasteiger partial charge in [-0.15, -0.1) is 0 Å². The molecule has 2 aromatic rings. The fourth-order valence-electron chi connectivity index (χ4n) is 3.67. The average Bonchev–Trinajstić information content (AvgIpc) is 3.05. The normalized spacial score (nSPS) is 17.7. The summed E-state index contributed by atoms with van der Waals surface area (Å²) in [6.45, 7) is 0. The van der Waals surface area contributed by atoms with Crippen molar-refractivity contribution >= 4 is 57.3 Å². The number of para-hydroxylation sites is 1. The van der Waals surface area contributed by atoms with Gasteiger partial charge in [-0.3, -0.25) is 9.79 Å². The molecule has 150 valence electrons. The van der Waals surface area contributed by atoms with Gasteiger partial charge >= 0.3 is 0 Å². The zero-order valence-corrected chi connectivity index (χ0v) is 18.2. The Balaban J connectivity index is 1.55. The van der Waals surface area contributed by atoms with Crippen molar-refractivity contribution < 1.29 is 4.79 Å². The van der Waals surface area contributed by atoms with E-state index in [0.717, 1.165) is 47.7 Å². The third-order valence-electron chi connectivity index (χ3n) is 5.07. The predicted molar refractivity (Wildman–Crippen MR) is 124 cm³/mol. The Morgan fingerprint density at radius 3 is 2.52 bits per heavy atom. The Hall–Kier alpha value is -1.82. The molecule has 1 saturated carbocycles. The van der Waals surface area contributed by atoms with E-state index >= 15 is 0 Å². The molecule has 0 saturated heterocycles. The molecular formula is C22H21Cl2N3OS. The summed E-state index contributed by atoms with van der Waals surface area (Å²) in [5, 5.41) is 4.82. The van der Waals surface area contributed by atoms with E-state index in [2.05, 4.69) is 5.32 Å². The summed E-state index contributed by atoms with van der Waals surface area (Å²) in [5.74, 6) is 0.184. The van der Waals surface area contributed by atoms with Crippen molar-refractivity contribution in [3.05, 3.63) is 64.1 Å². The van der Waals surface area contributed by atoms with Crippen LogP contribution in [0.15, 0.2) is 58.5 Å². The Labute approximate surface area is 184 Å². The lowest BCUT2D eigenvalue weighted by molar-refractivity contribution is -0.113. The molecule has 2 aliphatic rings. The zero-order valence-electron chi connectivity index (χ0n) is 15.8. The number of hydrogen-bond donors (Lipinski definition) is 1. The molecule has 1 amide bonds. The topological polar surface area (TPSA) is 53.8 Å². The second-order valence-electron chi connectivity index (χ2n) is 7.25. The Bertz CT molecular complexity index is 969. The molecule has 0 radical (unpaired) electrons. The number of hydrogen-bond acceptors (Lipinski definition) is 4. The number of carbonyl (C=O) groups excluding carboxylic acids is 1. The van der Waals surface area contributed by atoms with E-state index in [1.165, 1.54) is 18.2 Å². The molecule has 0 unspecified atom stereocenters. The first-order valence-corrected chi connectivity index (χ1v) is 11.4. The maximum atomic E-state index is 12.4. The number of benzene rings is 2. The van der Waals surface area contributed by atoms with Crippen LogP contribution in [-0.2, 0) is 4.79 Å². The molecule has 1 fully saturated rings. The number of nitrogens with zero attached hydrogens (tertiary/aromatic N) is 2. The summed E-state index contributed by atoms with van der Waals surface area (Å²) in [4.78, 5) is 22.4. The van der Waals surface area contributed by atoms with E-state index in [1.54, 1.807) is 6.07 Å². The van der Waals surface area contributed by atoms with Crippen LogP contribution in [0.2, 0.25) is 10.0 Å². The summed E-state index contributed by atoms with van der Waals surface area (Å²) in [5.41, 5.74) is 1.96. The van der Waals surface area contributed by atoms with Crippen LogP contribution in [-0.4, -0.2) is 28.1 Å². The number of nitrogens with one attached hydrogen (secondary N) is 1. The van der Waals surface area contributed by atoms with Gasteiger partial charge in [0.25, 0.3) is 0 Å². The first-order valence-electron chi connectivity index (χ1n) is 9.68. The van der Waals surface area contributed by atoms with Gasteiger partial charge in [0, 0.05) is 16.3 Å². The van der Waals surface area contributed by atoms with Crippen molar-refractivity contribution in [1.82, 2.24) is 0 Å². The highest BCUT2D eigenvalue weighted by molar-refractivity contribution is 8.16. The van der Waals surface area contributed by atoms with Crippen LogP contribution in [0.1, 0.15) is 37.7 Å². The van der Waals surface area contributed by atoms with Crippen molar-refractivity contribution in [2.75, 3.05) is 11.1 Å². The van der Waals surface area contributed by atoms with Gasteiger partial charge in [0.15, 0.2) is 5.66 Å². The molecule has 0 bridgehead atoms. The van der Waals surface area contributed by atoms with Crippen molar-refractivity contribution in [2.24, 2.45) is 9.98 Å². The van der Waals surface area contributed by atoms with Gasteiger partial charge in [0.2, 0.25) is 5.91 Å². The third-order valence-corrected chi connectivity index (χ3v) is 6.58. The van der Waals surface area contributed by atoms with Gasteiger partial charge in [-0.05, 0) is 56.0 Å². The number of halogens is 2. The minimum Gasteiger partial charge on any atom is -0.325 e. The maximum Gasteiger partial charge on any atom is 0.234 e. The highest BCUT2D eigenvalue weighted by Gasteiger charge is 2.38. The number of anilines is 1. The Morgan fingerprint density at radius 1 is 1.03 bits per heavy atom. The summed E-state index contributed by atoms with van der Waals surface area (Å²) in [6, 6.07) is 14.8. The second-order valence-corrected chi connectivity index (χ2v) is 9.06. The lowest BCUT2D eigenvalue weighted by Gasteiger charge is -2.27. The molecule has 1 aliphatic heterocycles. The van der Waals surface area contributed by atoms with E-state index in [0.29, 0.717) is 10.0 Å². The van der Waals surface area contributed by atoms with Crippen LogP contribution in [0, 0.1) is 0 Å². The molecule has 4 rings (SSSR count). The minimum atomic E-state index is -0.408. The Kier molecular flexibility index (Phi) is 6.28. The molecule has 1 spiro atoms. The molecular weight excluding hydrogens is 425 g/mol. The number of rotatable bonds is 4. The smallest absolute Gasteiger partial charge is 0.234 e. The number of carbonyl (C=O) groups is 1. The molecule has 0 aromatic heterocycles. The van der Waals surface area contributed by atoms with Gasteiger partial charge in [-0.2, -0.15) is 0 Å². The van der Waals surface area contributed by atoms with Gasteiger partial charge < -0.3 is 5.32 Å². The monoisotopic (exact) mass is 445 g/mol. The highest BCUT2D eigenvalue weighted by Crippen LogP contribution is 2.39. The molecule has 1 heterocycles. The predicted octanol–water partition coefficient (Wildman–Crippen LogP) is 6.23. The van der Waals surface area contributed by atoms with Gasteiger partial charge in [-0.25, -0.2) is 4.99 Å². The van der Waals surface area contributed by atoms with Crippen molar-refractivity contribution in [1.29, 1.82) is 0 Å². The fraction of sp³-hybridized carbons (Fsp3) is 0.318. The van der Waals surface area contributed by atoms with Crippen molar-refractivity contribution in [3.8, 4) is 0 Å².